The van der Waals surface area contributed by atoms with Gasteiger partial charge in [0.2, 0.25) is 0 Å². The number of hydrogen-bond donors (Lipinski definition) is 1. The summed E-state index contributed by atoms with van der Waals surface area (Å²) in [6.45, 7) is 1.93. The summed E-state index contributed by atoms with van der Waals surface area (Å²) in [5.74, 6) is 0.261. The molecule has 4 nitrogen and oxygen atoms in total. The van der Waals surface area contributed by atoms with Gasteiger partial charge in [0.1, 0.15) is 4.75 Å². The van der Waals surface area contributed by atoms with Crippen molar-refractivity contribution >= 4 is 17.7 Å². The van der Waals surface area contributed by atoms with Crippen LogP contribution in [0.4, 0.5) is 0 Å². The Morgan fingerprint density at radius 2 is 2.50 bits per heavy atom. The largest absolute Gasteiger partial charge is 0.480 e. The number of aryl methyl sites for hydroxylation is 2. The Morgan fingerprint density at radius 1 is 1.75 bits per heavy atom. The first-order chi connectivity index (χ1) is 7.53. The summed E-state index contributed by atoms with van der Waals surface area (Å²) < 4.78 is 1.17. The summed E-state index contributed by atoms with van der Waals surface area (Å²) in [5, 5.41) is 13.6. The first kappa shape index (κ1) is 11.5. The minimum Gasteiger partial charge on any atom is -0.480 e. The Morgan fingerprint density at radius 3 is 2.94 bits per heavy atom. The second kappa shape index (κ2) is 4.13. The fraction of sp³-hybridized carbons (Fsp3) is 0.636. The van der Waals surface area contributed by atoms with E-state index < -0.39 is 10.7 Å². The van der Waals surface area contributed by atoms with Crippen LogP contribution < -0.4 is 0 Å². The van der Waals surface area contributed by atoms with Crippen molar-refractivity contribution < 1.29 is 9.90 Å². The van der Waals surface area contributed by atoms with Gasteiger partial charge in [-0.2, -0.15) is 5.10 Å². The van der Waals surface area contributed by atoms with Gasteiger partial charge < -0.3 is 5.11 Å². The van der Waals surface area contributed by atoms with Gasteiger partial charge in [-0.05, 0) is 31.6 Å². The lowest BCUT2D eigenvalue weighted by Crippen LogP contribution is -2.35. The maximum Gasteiger partial charge on any atom is 0.320 e. The fourth-order valence-electron chi connectivity index (χ4n) is 2.20. The number of aromatic nitrogens is 2. The van der Waals surface area contributed by atoms with Gasteiger partial charge in [0.05, 0.1) is 5.69 Å². The molecule has 0 aliphatic carbocycles. The predicted molar refractivity (Wildman–Crippen MR) is 63.7 cm³/mol. The zero-order valence-electron chi connectivity index (χ0n) is 9.56. The zero-order chi connectivity index (χ0) is 11.8. The van der Waals surface area contributed by atoms with Crippen molar-refractivity contribution in [3.05, 3.63) is 17.5 Å². The third-order valence-electron chi connectivity index (χ3n) is 3.06. The van der Waals surface area contributed by atoms with Crippen LogP contribution in [0.5, 0.6) is 0 Å². The molecule has 0 saturated carbocycles. The number of aliphatic carboxylic acids is 1. The minimum atomic E-state index is -0.686. The summed E-state index contributed by atoms with van der Waals surface area (Å²) >= 11 is 1.57. The molecule has 1 aromatic rings. The van der Waals surface area contributed by atoms with Gasteiger partial charge in [0.25, 0.3) is 0 Å². The summed E-state index contributed by atoms with van der Waals surface area (Å²) in [6, 6.07) is 1.98. The van der Waals surface area contributed by atoms with Crippen LogP contribution in [0.1, 0.15) is 24.2 Å². The highest BCUT2D eigenvalue weighted by molar-refractivity contribution is 8.01. The molecule has 0 amide bonds. The van der Waals surface area contributed by atoms with Crippen LogP contribution in [0.25, 0.3) is 0 Å². The number of carboxylic acids is 1. The van der Waals surface area contributed by atoms with Crippen LogP contribution in [0, 0.1) is 6.92 Å². The standard InChI is InChI=1S/C11H16N2O2S/c1-8-6-9(13(2)12-8)7-11(10(14)15)4-3-5-16-11/h6H,3-5,7H2,1-2H3,(H,14,15). The van der Waals surface area contributed by atoms with E-state index >= 15 is 0 Å². The fourth-order valence-corrected chi connectivity index (χ4v) is 3.54. The highest BCUT2D eigenvalue weighted by atomic mass is 32.2. The van der Waals surface area contributed by atoms with Crippen LogP contribution in [-0.4, -0.2) is 31.4 Å². The minimum absolute atomic E-state index is 0.574. The molecule has 1 atom stereocenters. The smallest absolute Gasteiger partial charge is 0.320 e. The molecule has 88 valence electrons. The SMILES string of the molecule is Cc1cc(CC2(C(=O)O)CCCS2)n(C)n1. The van der Waals surface area contributed by atoms with Crippen molar-refractivity contribution in [2.24, 2.45) is 7.05 Å². The number of thioether (sulfide) groups is 1. The van der Waals surface area contributed by atoms with Crippen molar-refractivity contribution in [2.75, 3.05) is 5.75 Å². The molecule has 2 heterocycles. The lowest BCUT2D eigenvalue weighted by Gasteiger charge is -2.22. The Kier molecular flexibility index (Phi) is 2.97. The lowest BCUT2D eigenvalue weighted by molar-refractivity contribution is -0.139. The van der Waals surface area contributed by atoms with Crippen molar-refractivity contribution in [2.45, 2.75) is 30.9 Å². The molecule has 0 aromatic carbocycles. The van der Waals surface area contributed by atoms with E-state index in [-0.39, 0.29) is 0 Å². The van der Waals surface area contributed by atoms with Gasteiger partial charge in [-0.1, -0.05) is 0 Å². The molecule has 1 fully saturated rings. The molecule has 0 bridgehead atoms. The summed E-state index contributed by atoms with van der Waals surface area (Å²) in [5.41, 5.74) is 1.95. The average Bonchev–Trinajstić information content (AvgIpc) is 2.76. The van der Waals surface area contributed by atoms with E-state index in [9.17, 15) is 9.90 Å². The molecule has 0 radical (unpaired) electrons. The zero-order valence-corrected chi connectivity index (χ0v) is 10.4. The van der Waals surface area contributed by atoms with Gasteiger partial charge in [-0.25, -0.2) is 0 Å². The molecule has 1 aliphatic heterocycles. The number of hydrogen-bond acceptors (Lipinski definition) is 3. The molecule has 1 saturated heterocycles. The molecule has 1 aliphatic rings. The lowest BCUT2D eigenvalue weighted by atomic mass is 9.97. The molecule has 16 heavy (non-hydrogen) atoms. The maximum atomic E-state index is 11.4. The van der Waals surface area contributed by atoms with Gasteiger partial charge >= 0.3 is 5.97 Å². The van der Waals surface area contributed by atoms with Crippen LogP contribution in [0.15, 0.2) is 6.07 Å². The molecule has 1 unspecified atom stereocenters. The van der Waals surface area contributed by atoms with E-state index in [2.05, 4.69) is 5.10 Å². The quantitative estimate of drug-likeness (QED) is 0.872. The highest BCUT2D eigenvalue weighted by Crippen LogP contribution is 2.41. The second-order valence-corrected chi connectivity index (χ2v) is 5.81. The normalized spacial score (nSPS) is 24.9. The molecule has 0 spiro atoms. The molecule has 1 N–H and O–H groups in total. The molecular weight excluding hydrogens is 224 g/mol. The molecule has 2 rings (SSSR count). The Labute approximate surface area is 99.0 Å². The monoisotopic (exact) mass is 240 g/mol. The number of nitrogens with zero attached hydrogens (tertiary/aromatic N) is 2. The Balaban J connectivity index is 2.24. The van der Waals surface area contributed by atoms with E-state index in [1.807, 2.05) is 20.0 Å². The van der Waals surface area contributed by atoms with Crippen LogP contribution in [-0.2, 0) is 18.3 Å². The summed E-state index contributed by atoms with van der Waals surface area (Å²) in [7, 11) is 1.87. The van der Waals surface area contributed by atoms with E-state index in [0.29, 0.717) is 6.42 Å². The van der Waals surface area contributed by atoms with Crippen LogP contribution in [0.3, 0.4) is 0 Å². The van der Waals surface area contributed by atoms with E-state index in [1.165, 1.54) is 0 Å². The number of carbonyl (C=O) groups is 1. The Hall–Kier alpha value is -0.970. The van der Waals surface area contributed by atoms with Gasteiger partial charge in [-0.3, -0.25) is 9.48 Å². The van der Waals surface area contributed by atoms with Crippen molar-refractivity contribution in [3.8, 4) is 0 Å². The predicted octanol–water partition coefficient (Wildman–Crippen LogP) is 1.62. The first-order valence-electron chi connectivity index (χ1n) is 5.40. The topological polar surface area (TPSA) is 55.1 Å². The van der Waals surface area contributed by atoms with E-state index in [4.69, 9.17) is 0 Å². The second-order valence-electron chi connectivity index (χ2n) is 4.33. The maximum absolute atomic E-state index is 11.4. The van der Waals surface area contributed by atoms with Crippen molar-refractivity contribution in [1.29, 1.82) is 0 Å². The van der Waals surface area contributed by atoms with E-state index in [0.717, 1.165) is 30.0 Å². The highest BCUT2D eigenvalue weighted by Gasteiger charge is 2.42. The summed E-state index contributed by atoms with van der Waals surface area (Å²) in [4.78, 5) is 11.4. The van der Waals surface area contributed by atoms with Crippen LogP contribution >= 0.6 is 11.8 Å². The van der Waals surface area contributed by atoms with E-state index in [1.54, 1.807) is 16.4 Å². The number of rotatable bonds is 3. The summed E-state index contributed by atoms with van der Waals surface area (Å²) in [6.07, 6.45) is 2.33. The molecular formula is C11H16N2O2S. The Bertz CT molecular complexity index is 408. The third-order valence-corrected chi connectivity index (χ3v) is 4.63. The number of carboxylic acid groups (broad SMARTS) is 1. The first-order valence-corrected chi connectivity index (χ1v) is 6.39. The van der Waals surface area contributed by atoms with Crippen LogP contribution in [0.2, 0.25) is 0 Å². The third kappa shape index (κ3) is 1.96. The van der Waals surface area contributed by atoms with Gasteiger partial charge in [0.15, 0.2) is 0 Å². The van der Waals surface area contributed by atoms with Crippen molar-refractivity contribution in [3.63, 3.8) is 0 Å². The van der Waals surface area contributed by atoms with Gasteiger partial charge in [0, 0.05) is 19.2 Å². The van der Waals surface area contributed by atoms with Crippen molar-refractivity contribution in [1.82, 2.24) is 9.78 Å². The van der Waals surface area contributed by atoms with Gasteiger partial charge in [-0.15, -0.1) is 11.8 Å². The molecule has 1 aromatic heterocycles. The average molecular weight is 240 g/mol. The molecule has 5 heteroatoms.